The highest BCUT2D eigenvalue weighted by Crippen LogP contribution is 2.46. The predicted octanol–water partition coefficient (Wildman–Crippen LogP) is 2.89. The molecule has 13 heteroatoms. The molecule has 1 aromatic rings. The number of carbonyl (C=O) groups excluding carboxylic acids is 4. The minimum Gasteiger partial charge on any atom is -0.456 e. The van der Waals surface area contributed by atoms with Crippen LogP contribution in [0.1, 0.15) is 11.8 Å². The van der Waals surface area contributed by atoms with Gasteiger partial charge >= 0.3 is 11.9 Å². The van der Waals surface area contributed by atoms with Gasteiger partial charge < -0.3 is 14.8 Å². The number of thioether (sulfide) groups is 1. The summed E-state index contributed by atoms with van der Waals surface area (Å²) in [6, 6.07) is 2.73. The summed E-state index contributed by atoms with van der Waals surface area (Å²) in [5, 5.41) is 3.83. The number of amides is 2. The second-order valence-corrected chi connectivity index (χ2v) is 11.2. The summed E-state index contributed by atoms with van der Waals surface area (Å²) in [4.78, 5) is 51.4. The highest BCUT2D eigenvalue weighted by atomic mass is 35.6. The van der Waals surface area contributed by atoms with Crippen molar-refractivity contribution in [3.05, 3.63) is 45.3 Å². The fourth-order valence-electron chi connectivity index (χ4n) is 2.85. The van der Waals surface area contributed by atoms with Crippen molar-refractivity contribution < 1.29 is 28.7 Å². The van der Waals surface area contributed by atoms with E-state index in [0.717, 1.165) is 28.5 Å². The first-order valence-electron chi connectivity index (χ1n) is 8.65. The Morgan fingerprint density at radius 3 is 2.61 bits per heavy atom. The van der Waals surface area contributed by atoms with Crippen molar-refractivity contribution in [2.75, 3.05) is 6.61 Å². The summed E-state index contributed by atoms with van der Waals surface area (Å²) in [5.41, 5.74) is -0.341. The van der Waals surface area contributed by atoms with Gasteiger partial charge in [-0.25, -0.2) is 4.79 Å². The fraction of sp³-hybridized carbons (Fsp3) is 0.333. The minimum atomic E-state index is -1.88. The zero-order chi connectivity index (χ0) is 22.9. The molecule has 0 bridgehead atoms. The van der Waals surface area contributed by atoms with Gasteiger partial charge in [-0.2, -0.15) is 0 Å². The lowest BCUT2D eigenvalue weighted by molar-refractivity contribution is -0.153. The Labute approximate surface area is 200 Å². The fourth-order valence-corrected chi connectivity index (χ4v) is 4.89. The van der Waals surface area contributed by atoms with E-state index >= 15 is 0 Å². The first-order chi connectivity index (χ1) is 14.5. The third-order valence-electron chi connectivity index (χ3n) is 4.05. The number of nitrogens with zero attached hydrogens (tertiary/aromatic N) is 1. The average molecular weight is 526 g/mol. The Balaban J connectivity index is 1.81. The molecular weight excluding hydrogens is 511 g/mol. The van der Waals surface area contributed by atoms with Crippen molar-refractivity contribution in [2.24, 2.45) is 0 Å². The molecule has 1 unspecified atom stereocenters. The van der Waals surface area contributed by atoms with Crippen LogP contribution in [0.2, 0.25) is 0 Å². The molecule has 2 aliphatic rings. The van der Waals surface area contributed by atoms with Gasteiger partial charge in [0.1, 0.15) is 18.0 Å². The van der Waals surface area contributed by atoms with Gasteiger partial charge in [0.05, 0.1) is 6.42 Å². The summed E-state index contributed by atoms with van der Waals surface area (Å²) in [7, 11) is 0. The number of halogens is 3. The van der Waals surface area contributed by atoms with Crippen LogP contribution in [0.15, 0.2) is 40.5 Å². The molecule has 1 saturated heterocycles. The van der Waals surface area contributed by atoms with Gasteiger partial charge in [0, 0.05) is 16.7 Å². The molecule has 1 N–H and O–H groups in total. The number of alkyl halides is 3. The SMILES string of the molecule is C=C1S[C@@H]2C(NC(=O)Cc3cccs3)C(=O)N2C(C(=O)OCC(Cl)(Cl)Cl)=C1OC(C)=O. The number of thiophene rings is 1. The summed E-state index contributed by atoms with van der Waals surface area (Å²) < 4.78 is 8.20. The highest BCUT2D eigenvalue weighted by molar-refractivity contribution is 8.04. The predicted molar refractivity (Wildman–Crippen MR) is 117 cm³/mol. The molecule has 0 saturated carbocycles. The first kappa shape index (κ1) is 23.9. The maximum Gasteiger partial charge on any atom is 0.359 e. The van der Waals surface area contributed by atoms with E-state index in [-0.39, 0.29) is 28.7 Å². The number of ether oxygens (including phenoxy) is 2. The number of β-lactam (4-membered cyclic amide) rings is 1. The number of rotatable bonds is 6. The second-order valence-electron chi connectivity index (χ2n) is 6.40. The molecular formula is C18H15Cl3N2O6S2. The minimum absolute atomic E-state index is 0.118. The Hall–Kier alpha value is -1.72. The standard InChI is InChI=1S/C18H15Cl3N2O6S2/c1-8-14(29-9(2)24)13(17(27)28-7-18(19,20)21)23-15(26)12(16(23)31-8)22-11(25)6-10-4-3-5-30-10/h3-5,12,16H,1,6-7H2,2H3,(H,22,25)/t12?,16-/m1/s1. The third-order valence-corrected chi connectivity index (χ3v) is 6.45. The second kappa shape index (κ2) is 9.41. The van der Waals surface area contributed by atoms with Gasteiger partial charge in [0.15, 0.2) is 11.5 Å². The van der Waals surface area contributed by atoms with Crippen LogP contribution >= 0.6 is 57.9 Å². The summed E-state index contributed by atoms with van der Waals surface area (Å²) >= 11 is 19.3. The summed E-state index contributed by atoms with van der Waals surface area (Å²) in [5.74, 6) is -2.90. The van der Waals surface area contributed by atoms with Crippen LogP contribution < -0.4 is 5.32 Å². The summed E-state index contributed by atoms with van der Waals surface area (Å²) in [6.45, 7) is 4.34. The Morgan fingerprint density at radius 2 is 2.03 bits per heavy atom. The largest absolute Gasteiger partial charge is 0.456 e. The number of hydrogen-bond acceptors (Lipinski definition) is 8. The maximum atomic E-state index is 12.8. The van der Waals surface area contributed by atoms with Crippen molar-refractivity contribution in [2.45, 2.75) is 28.6 Å². The molecule has 0 radical (unpaired) electrons. The van der Waals surface area contributed by atoms with E-state index in [2.05, 4.69) is 11.9 Å². The van der Waals surface area contributed by atoms with Crippen LogP contribution in [-0.4, -0.2) is 50.5 Å². The normalized spacial score (nSPS) is 20.7. The smallest absolute Gasteiger partial charge is 0.359 e. The van der Waals surface area contributed by atoms with Gasteiger partial charge in [-0.15, -0.1) is 11.3 Å². The van der Waals surface area contributed by atoms with Crippen molar-refractivity contribution in [3.8, 4) is 0 Å². The van der Waals surface area contributed by atoms with E-state index < -0.39 is 39.7 Å². The van der Waals surface area contributed by atoms with Crippen LogP contribution in [-0.2, 0) is 35.1 Å². The molecule has 2 amide bonds. The molecule has 8 nitrogen and oxygen atoms in total. The number of nitrogens with one attached hydrogen (secondary N) is 1. The lowest BCUT2D eigenvalue weighted by Crippen LogP contribution is -2.70. The molecule has 0 spiro atoms. The monoisotopic (exact) mass is 524 g/mol. The molecule has 0 aromatic carbocycles. The van der Waals surface area contributed by atoms with Gasteiger partial charge in [-0.1, -0.05) is 59.2 Å². The van der Waals surface area contributed by atoms with E-state index in [9.17, 15) is 19.2 Å². The lowest BCUT2D eigenvalue weighted by atomic mass is 10.0. The van der Waals surface area contributed by atoms with Crippen LogP contribution in [0.4, 0.5) is 0 Å². The molecule has 3 heterocycles. The molecule has 2 atom stereocenters. The molecule has 31 heavy (non-hydrogen) atoms. The first-order valence-corrected chi connectivity index (χ1v) is 11.5. The van der Waals surface area contributed by atoms with E-state index in [1.165, 1.54) is 11.3 Å². The summed E-state index contributed by atoms with van der Waals surface area (Å²) in [6.07, 6.45) is 0.118. The van der Waals surface area contributed by atoms with Crippen molar-refractivity contribution in [1.82, 2.24) is 10.2 Å². The van der Waals surface area contributed by atoms with Crippen molar-refractivity contribution in [3.63, 3.8) is 0 Å². The molecule has 1 aromatic heterocycles. The molecule has 3 rings (SSSR count). The Kier molecular flexibility index (Phi) is 7.27. The topological polar surface area (TPSA) is 102 Å². The molecule has 0 aliphatic carbocycles. The third kappa shape index (κ3) is 5.56. The zero-order valence-corrected chi connectivity index (χ0v) is 19.8. The van der Waals surface area contributed by atoms with E-state index in [0.29, 0.717) is 0 Å². The van der Waals surface area contributed by atoms with E-state index in [1.54, 1.807) is 0 Å². The van der Waals surface area contributed by atoms with Crippen molar-refractivity contribution in [1.29, 1.82) is 0 Å². The van der Waals surface area contributed by atoms with Gasteiger partial charge in [-0.05, 0) is 11.4 Å². The Bertz CT molecular complexity index is 973. The lowest BCUT2D eigenvalue weighted by Gasteiger charge is -2.49. The molecule has 1 fully saturated rings. The van der Waals surface area contributed by atoms with Gasteiger partial charge in [-0.3, -0.25) is 19.3 Å². The highest BCUT2D eigenvalue weighted by Gasteiger charge is 2.56. The average Bonchev–Trinajstić information content (AvgIpc) is 3.17. The zero-order valence-electron chi connectivity index (χ0n) is 15.9. The number of hydrogen-bond donors (Lipinski definition) is 1. The van der Waals surface area contributed by atoms with E-state index in [4.69, 9.17) is 44.3 Å². The molecule has 166 valence electrons. The number of esters is 2. The van der Waals surface area contributed by atoms with E-state index in [1.807, 2.05) is 17.5 Å². The maximum absolute atomic E-state index is 12.8. The van der Waals surface area contributed by atoms with Gasteiger partial charge in [0.25, 0.3) is 5.91 Å². The number of carbonyl (C=O) groups is 4. The van der Waals surface area contributed by atoms with Crippen LogP contribution in [0.25, 0.3) is 0 Å². The van der Waals surface area contributed by atoms with Crippen molar-refractivity contribution >= 4 is 81.7 Å². The van der Waals surface area contributed by atoms with Crippen LogP contribution in [0, 0.1) is 0 Å². The van der Waals surface area contributed by atoms with Gasteiger partial charge in [0.2, 0.25) is 9.70 Å². The van der Waals surface area contributed by atoms with Crippen LogP contribution in [0.5, 0.6) is 0 Å². The number of fused-ring (bicyclic) bond motifs is 1. The molecule has 2 aliphatic heterocycles. The Morgan fingerprint density at radius 1 is 1.32 bits per heavy atom. The quantitative estimate of drug-likeness (QED) is 0.346. The van der Waals surface area contributed by atoms with Crippen LogP contribution in [0.3, 0.4) is 0 Å².